The molecule has 3 aromatic rings. The summed E-state index contributed by atoms with van der Waals surface area (Å²) in [6.07, 6.45) is -0.802. The molecular formula is C21H20ClFN4O4S. The van der Waals surface area contributed by atoms with E-state index in [1.807, 2.05) is 0 Å². The van der Waals surface area contributed by atoms with E-state index in [9.17, 15) is 14.0 Å². The van der Waals surface area contributed by atoms with Crippen LogP contribution in [0, 0.1) is 5.82 Å². The molecule has 32 heavy (non-hydrogen) atoms. The second-order valence-electron chi connectivity index (χ2n) is 7.54. The van der Waals surface area contributed by atoms with Crippen molar-refractivity contribution in [2.24, 2.45) is 0 Å². The lowest BCUT2D eigenvalue weighted by atomic mass is 10.2. The van der Waals surface area contributed by atoms with Gasteiger partial charge in [0.1, 0.15) is 11.4 Å². The first kappa shape index (κ1) is 23.6. The number of hydrogen-bond donors (Lipinski definition) is 2. The van der Waals surface area contributed by atoms with Crippen molar-refractivity contribution in [1.82, 2.24) is 10.2 Å². The van der Waals surface area contributed by atoms with Crippen molar-refractivity contribution in [3.63, 3.8) is 0 Å². The smallest absolute Gasteiger partial charge is 0.412 e. The van der Waals surface area contributed by atoms with Crippen LogP contribution in [0.15, 0.2) is 52.1 Å². The predicted molar refractivity (Wildman–Crippen MR) is 120 cm³/mol. The summed E-state index contributed by atoms with van der Waals surface area (Å²) < 4.78 is 24.7. The first-order valence-electron chi connectivity index (χ1n) is 9.41. The van der Waals surface area contributed by atoms with Crippen LogP contribution in [-0.4, -0.2) is 33.6 Å². The van der Waals surface area contributed by atoms with Crippen molar-refractivity contribution in [3.8, 4) is 11.5 Å². The number of nitrogens with zero attached hydrogens (tertiary/aromatic N) is 2. The molecule has 0 saturated carbocycles. The topological polar surface area (TPSA) is 106 Å². The van der Waals surface area contributed by atoms with Gasteiger partial charge in [0, 0.05) is 16.3 Å². The average Bonchev–Trinajstić information content (AvgIpc) is 3.17. The number of carbonyl (C=O) groups is 2. The molecule has 0 aliphatic carbocycles. The zero-order valence-corrected chi connectivity index (χ0v) is 19.0. The van der Waals surface area contributed by atoms with Gasteiger partial charge in [-0.15, -0.1) is 10.2 Å². The maximum Gasteiger partial charge on any atom is 0.412 e. The normalized spacial score (nSPS) is 11.2. The average molecular weight is 479 g/mol. The van der Waals surface area contributed by atoms with Gasteiger partial charge in [-0.2, -0.15) is 0 Å². The summed E-state index contributed by atoms with van der Waals surface area (Å²) >= 11 is 6.91. The highest BCUT2D eigenvalue weighted by Gasteiger charge is 2.18. The third-order valence-electron chi connectivity index (χ3n) is 3.71. The standard InChI is InChI=1S/C21H20ClFN4O4S/c1-21(2,3)31-19(29)25-16-10-14(8-9-15(16)23)24-17(28)11-32-20-27-26-18(30-20)12-4-6-13(22)7-5-12/h4-10H,11H2,1-3H3,(H,24,28)(H,25,29). The first-order valence-corrected chi connectivity index (χ1v) is 10.8. The molecule has 8 nitrogen and oxygen atoms in total. The molecule has 0 fully saturated rings. The summed E-state index contributed by atoms with van der Waals surface area (Å²) in [5.41, 5.74) is 0.158. The number of amides is 2. The zero-order chi connectivity index (χ0) is 23.3. The highest BCUT2D eigenvalue weighted by molar-refractivity contribution is 7.99. The van der Waals surface area contributed by atoms with Crippen LogP contribution in [-0.2, 0) is 9.53 Å². The molecule has 0 radical (unpaired) electrons. The van der Waals surface area contributed by atoms with E-state index < -0.39 is 17.5 Å². The van der Waals surface area contributed by atoms with Crippen LogP contribution in [0.5, 0.6) is 0 Å². The molecule has 0 saturated heterocycles. The summed E-state index contributed by atoms with van der Waals surface area (Å²) in [7, 11) is 0. The van der Waals surface area contributed by atoms with Crippen LogP contribution >= 0.6 is 23.4 Å². The van der Waals surface area contributed by atoms with E-state index in [2.05, 4.69) is 20.8 Å². The zero-order valence-electron chi connectivity index (χ0n) is 17.4. The Hall–Kier alpha value is -3.11. The van der Waals surface area contributed by atoms with E-state index >= 15 is 0 Å². The van der Waals surface area contributed by atoms with E-state index in [4.69, 9.17) is 20.8 Å². The van der Waals surface area contributed by atoms with Crippen LogP contribution in [0.3, 0.4) is 0 Å². The van der Waals surface area contributed by atoms with E-state index in [1.54, 1.807) is 45.0 Å². The largest absolute Gasteiger partial charge is 0.444 e. The Morgan fingerprint density at radius 3 is 2.53 bits per heavy atom. The predicted octanol–water partition coefficient (Wildman–Crippen LogP) is 5.61. The highest BCUT2D eigenvalue weighted by Crippen LogP contribution is 2.25. The maximum atomic E-state index is 14.0. The summed E-state index contributed by atoms with van der Waals surface area (Å²) in [6, 6.07) is 10.7. The molecular weight excluding hydrogens is 459 g/mol. The molecule has 2 amide bonds. The molecule has 2 aromatic carbocycles. The van der Waals surface area contributed by atoms with Gasteiger partial charge in [0.15, 0.2) is 0 Å². The van der Waals surface area contributed by atoms with Gasteiger partial charge in [-0.25, -0.2) is 9.18 Å². The van der Waals surface area contributed by atoms with Crippen molar-refractivity contribution < 1.29 is 23.1 Å². The fourth-order valence-corrected chi connectivity index (χ4v) is 3.10. The van der Waals surface area contributed by atoms with Crippen LogP contribution in [0.1, 0.15) is 20.8 Å². The van der Waals surface area contributed by atoms with Crippen molar-refractivity contribution in [1.29, 1.82) is 0 Å². The lowest BCUT2D eigenvalue weighted by molar-refractivity contribution is -0.113. The summed E-state index contributed by atoms with van der Waals surface area (Å²) in [4.78, 5) is 24.1. The Bertz CT molecular complexity index is 1120. The summed E-state index contributed by atoms with van der Waals surface area (Å²) in [5.74, 6) is -0.755. The number of nitrogens with one attached hydrogen (secondary N) is 2. The van der Waals surface area contributed by atoms with Gasteiger partial charge in [0.2, 0.25) is 11.8 Å². The van der Waals surface area contributed by atoms with Gasteiger partial charge in [-0.3, -0.25) is 10.1 Å². The Balaban J connectivity index is 1.56. The summed E-state index contributed by atoms with van der Waals surface area (Å²) in [6.45, 7) is 5.08. The van der Waals surface area contributed by atoms with Gasteiger partial charge in [0.25, 0.3) is 5.22 Å². The van der Waals surface area contributed by atoms with Crippen molar-refractivity contribution in [2.45, 2.75) is 31.6 Å². The van der Waals surface area contributed by atoms with Gasteiger partial charge in [-0.1, -0.05) is 23.4 Å². The van der Waals surface area contributed by atoms with Crippen LogP contribution in [0.4, 0.5) is 20.6 Å². The second-order valence-corrected chi connectivity index (χ2v) is 8.90. The minimum Gasteiger partial charge on any atom is -0.444 e. The Morgan fingerprint density at radius 2 is 1.84 bits per heavy atom. The second kappa shape index (κ2) is 10.0. The lowest BCUT2D eigenvalue weighted by Gasteiger charge is -2.20. The quantitative estimate of drug-likeness (QED) is 0.443. The SMILES string of the molecule is CC(C)(C)OC(=O)Nc1cc(NC(=O)CSc2nnc(-c3ccc(Cl)cc3)o2)ccc1F. The number of thioether (sulfide) groups is 1. The third-order valence-corrected chi connectivity index (χ3v) is 4.78. The van der Waals surface area contributed by atoms with E-state index in [0.717, 1.165) is 17.8 Å². The molecule has 0 aliphatic rings. The molecule has 168 valence electrons. The molecule has 0 unspecified atom stereocenters. The van der Waals surface area contributed by atoms with Crippen molar-refractivity contribution in [2.75, 3.05) is 16.4 Å². The van der Waals surface area contributed by atoms with Gasteiger partial charge >= 0.3 is 6.09 Å². The van der Waals surface area contributed by atoms with Crippen LogP contribution in [0.25, 0.3) is 11.5 Å². The Labute approximate surface area is 192 Å². The fraction of sp³-hybridized carbons (Fsp3) is 0.238. The molecule has 2 N–H and O–H groups in total. The number of aromatic nitrogens is 2. The first-order chi connectivity index (χ1) is 15.1. The van der Waals surface area contributed by atoms with Crippen LogP contribution in [0.2, 0.25) is 5.02 Å². The van der Waals surface area contributed by atoms with Crippen LogP contribution < -0.4 is 10.6 Å². The Morgan fingerprint density at radius 1 is 1.12 bits per heavy atom. The number of ether oxygens (including phenoxy) is 1. The minimum atomic E-state index is -0.802. The van der Waals surface area contributed by atoms with Crippen molar-refractivity contribution in [3.05, 3.63) is 53.3 Å². The number of rotatable bonds is 6. The van der Waals surface area contributed by atoms with Gasteiger partial charge < -0.3 is 14.5 Å². The Kier molecular flexibility index (Phi) is 7.37. The number of hydrogen-bond acceptors (Lipinski definition) is 7. The number of carbonyl (C=O) groups excluding carboxylic acids is 2. The molecule has 0 atom stereocenters. The van der Waals surface area contributed by atoms with E-state index in [-0.39, 0.29) is 22.6 Å². The monoisotopic (exact) mass is 478 g/mol. The number of halogens is 2. The third kappa shape index (κ3) is 6.96. The number of anilines is 2. The van der Waals surface area contributed by atoms with Crippen molar-refractivity contribution >= 4 is 46.7 Å². The molecule has 1 aromatic heterocycles. The van der Waals surface area contributed by atoms with Gasteiger partial charge in [-0.05, 0) is 63.2 Å². The van der Waals surface area contributed by atoms with Gasteiger partial charge in [0.05, 0.1) is 11.4 Å². The molecule has 3 rings (SSSR count). The molecule has 0 spiro atoms. The summed E-state index contributed by atoms with van der Waals surface area (Å²) in [5, 5.41) is 13.6. The molecule has 0 bridgehead atoms. The molecule has 11 heteroatoms. The lowest BCUT2D eigenvalue weighted by Crippen LogP contribution is -2.27. The maximum absolute atomic E-state index is 14.0. The number of benzene rings is 2. The minimum absolute atomic E-state index is 0.0194. The fourth-order valence-electron chi connectivity index (χ4n) is 2.41. The molecule has 0 aliphatic heterocycles. The highest BCUT2D eigenvalue weighted by atomic mass is 35.5. The van der Waals surface area contributed by atoms with E-state index in [1.165, 1.54) is 12.1 Å². The van der Waals surface area contributed by atoms with E-state index in [0.29, 0.717) is 22.2 Å². The molecule has 1 heterocycles.